The molecular weight excluding hydrogens is 665 g/mol. The van der Waals surface area contributed by atoms with Crippen molar-refractivity contribution in [3.05, 3.63) is 205 Å². The van der Waals surface area contributed by atoms with Crippen LogP contribution in [0.5, 0.6) is 0 Å². The van der Waals surface area contributed by atoms with Crippen LogP contribution in [0.3, 0.4) is 0 Å². The van der Waals surface area contributed by atoms with E-state index < -0.39 is 0 Å². The van der Waals surface area contributed by atoms with Gasteiger partial charge in [0, 0.05) is 22.1 Å². The van der Waals surface area contributed by atoms with Crippen LogP contribution in [0.4, 0.5) is 0 Å². The molecule has 0 aliphatic heterocycles. The standard InChI is InChI=1S/C53H38N2/c1-53(2)48-33-44(27-28-46(48)47-31-42-17-9-10-18-43(42)32-49(47)53)41-21-11-19-39(29-41)36-23-25-38(26-24-36)52-54-50(37-15-7-4-8-16-37)34-51(55-52)45-22-12-20-40(30-45)35-13-5-3-6-14-35/h3-34H,1-2H3. The normalized spacial score (nSPS) is 12.7. The predicted molar refractivity (Wildman–Crippen MR) is 230 cm³/mol. The molecule has 1 heterocycles. The second-order valence-corrected chi connectivity index (χ2v) is 15.1. The van der Waals surface area contributed by atoms with Gasteiger partial charge in [-0.25, -0.2) is 9.97 Å². The molecule has 2 nitrogen and oxygen atoms in total. The number of hydrogen-bond acceptors (Lipinski definition) is 2. The summed E-state index contributed by atoms with van der Waals surface area (Å²) in [5.41, 5.74) is 17.4. The highest BCUT2D eigenvalue weighted by Crippen LogP contribution is 2.51. The van der Waals surface area contributed by atoms with E-state index in [0.717, 1.165) is 39.2 Å². The fourth-order valence-electron chi connectivity index (χ4n) is 8.26. The van der Waals surface area contributed by atoms with Crippen molar-refractivity contribution in [3.63, 3.8) is 0 Å². The van der Waals surface area contributed by atoms with Crippen molar-refractivity contribution < 1.29 is 0 Å². The van der Waals surface area contributed by atoms with Crippen LogP contribution in [0, 0.1) is 0 Å². The van der Waals surface area contributed by atoms with E-state index in [4.69, 9.17) is 9.97 Å². The molecule has 55 heavy (non-hydrogen) atoms. The van der Waals surface area contributed by atoms with Crippen molar-refractivity contribution in [2.75, 3.05) is 0 Å². The zero-order valence-corrected chi connectivity index (χ0v) is 30.9. The van der Waals surface area contributed by atoms with Crippen LogP contribution in [-0.4, -0.2) is 9.97 Å². The van der Waals surface area contributed by atoms with E-state index in [0.29, 0.717) is 5.82 Å². The Morgan fingerprint density at radius 1 is 0.309 bits per heavy atom. The van der Waals surface area contributed by atoms with Gasteiger partial charge in [0.1, 0.15) is 0 Å². The Morgan fingerprint density at radius 3 is 1.45 bits per heavy atom. The van der Waals surface area contributed by atoms with Gasteiger partial charge in [0.05, 0.1) is 11.4 Å². The van der Waals surface area contributed by atoms with Crippen LogP contribution in [0.2, 0.25) is 0 Å². The van der Waals surface area contributed by atoms with E-state index in [9.17, 15) is 0 Å². The lowest BCUT2D eigenvalue weighted by atomic mass is 9.81. The minimum absolute atomic E-state index is 0.0808. The van der Waals surface area contributed by atoms with E-state index in [1.165, 1.54) is 55.3 Å². The summed E-state index contributed by atoms with van der Waals surface area (Å²) in [7, 11) is 0. The zero-order valence-electron chi connectivity index (χ0n) is 30.9. The number of nitrogens with zero attached hydrogens (tertiary/aromatic N) is 2. The number of benzene rings is 8. The Bertz CT molecular complexity index is 2870. The molecule has 0 amide bonds. The highest BCUT2D eigenvalue weighted by Gasteiger charge is 2.36. The Labute approximate surface area is 322 Å². The van der Waals surface area contributed by atoms with E-state index in [1.54, 1.807) is 0 Å². The van der Waals surface area contributed by atoms with Crippen LogP contribution in [-0.2, 0) is 5.41 Å². The molecule has 9 aromatic rings. The van der Waals surface area contributed by atoms with Crippen molar-refractivity contribution >= 4 is 10.8 Å². The van der Waals surface area contributed by atoms with Gasteiger partial charge >= 0.3 is 0 Å². The average Bonchev–Trinajstić information content (AvgIpc) is 3.47. The van der Waals surface area contributed by atoms with Gasteiger partial charge in [-0.15, -0.1) is 0 Å². The highest BCUT2D eigenvalue weighted by molar-refractivity contribution is 5.94. The molecular formula is C53H38N2. The summed E-state index contributed by atoms with van der Waals surface area (Å²) in [4.78, 5) is 10.2. The van der Waals surface area contributed by atoms with Gasteiger partial charge < -0.3 is 0 Å². The minimum Gasteiger partial charge on any atom is -0.228 e. The second-order valence-electron chi connectivity index (χ2n) is 15.1. The third-order valence-corrected chi connectivity index (χ3v) is 11.3. The number of fused-ring (bicyclic) bond motifs is 4. The van der Waals surface area contributed by atoms with Crippen molar-refractivity contribution in [3.8, 4) is 78.4 Å². The van der Waals surface area contributed by atoms with Crippen molar-refractivity contribution in [2.45, 2.75) is 19.3 Å². The Kier molecular flexibility index (Phi) is 7.85. The molecule has 8 aromatic carbocycles. The molecule has 260 valence electrons. The first-order valence-electron chi connectivity index (χ1n) is 19.0. The first-order valence-corrected chi connectivity index (χ1v) is 19.0. The number of aromatic nitrogens is 2. The van der Waals surface area contributed by atoms with Gasteiger partial charge in [-0.05, 0) is 103 Å². The highest BCUT2D eigenvalue weighted by atomic mass is 14.9. The van der Waals surface area contributed by atoms with Crippen LogP contribution >= 0.6 is 0 Å². The van der Waals surface area contributed by atoms with E-state index in [1.807, 2.05) is 12.1 Å². The quantitative estimate of drug-likeness (QED) is 0.172. The molecule has 1 aliphatic rings. The lowest BCUT2D eigenvalue weighted by Gasteiger charge is -2.22. The predicted octanol–water partition coefficient (Wildman–Crippen LogP) is 13.9. The minimum atomic E-state index is -0.0808. The molecule has 0 fully saturated rings. The maximum absolute atomic E-state index is 5.15. The second kappa shape index (κ2) is 13.2. The number of rotatable bonds is 6. The third-order valence-electron chi connectivity index (χ3n) is 11.3. The largest absolute Gasteiger partial charge is 0.228 e. The van der Waals surface area contributed by atoms with Crippen molar-refractivity contribution in [2.24, 2.45) is 0 Å². The summed E-state index contributed by atoms with van der Waals surface area (Å²) < 4.78 is 0. The Balaban J connectivity index is 0.983. The van der Waals surface area contributed by atoms with E-state index in [-0.39, 0.29) is 5.41 Å². The molecule has 0 N–H and O–H groups in total. The molecule has 0 bridgehead atoms. The lowest BCUT2D eigenvalue weighted by Crippen LogP contribution is -2.15. The summed E-state index contributed by atoms with van der Waals surface area (Å²) in [5.74, 6) is 0.705. The summed E-state index contributed by atoms with van der Waals surface area (Å²) >= 11 is 0. The Morgan fingerprint density at radius 2 is 0.764 bits per heavy atom. The first kappa shape index (κ1) is 32.7. The molecule has 1 aliphatic carbocycles. The lowest BCUT2D eigenvalue weighted by molar-refractivity contribution is 0.661. The molecule has 10 rings (SSSR count). The van der Waals surface area contributed by atoms with E-state index >= 15 is 0 Å². The molecule has 2 heteroatoms. The molecule has 0 atom stereocenters. The molecule has 1 aromatic heterocycles. The maximum atomic E-state index is 5.15. The molecule has 0 saturated carbocycles. The van der Waals surface area contributed by atoms with Gasteiger partial charge in [0.2, 0.25) is 0 Å². The third kappa shape index (κ3) is 5.93. The average molecular weight is 703 g/mol. The van der Waals surface area contributed by atoms with Crippen molar-refractivity contribution in [1.29, 1.82) is 0 Å². The topological polar surface area (TPSA) is 25.8 Å². The van der Waals surface area contributed by atoms with Crippen molar-refractivity contribution in [1.82, 2.24) is 9.97 Å². The Hall–Kier alpha value is -6.90. The summed E-state index contributed by atoms with van der Waals surface area (Å²) in [6, 6.07) is 69.6. The SMILES string of the molecule is CC1(C)c2cc(-c3cccc(-c4ccc(-c5nc(-c6ccccc6)cc(-c6cccc(-c7ccccc7)c6)n5)cc4)c3)ccc2-c2cc3ccccc3cc21. The monoisotopic (exact) mass is 702 g/mol. The molecule has 0 spiro atoms. The summed E-state index contributed by atoms with van der Waals surface area (Å²) in [6.45, 7) is 4.72. The van der Waals surface area contributed by atoms with Gasteiger partial charge in [-0.3, -0.25) is 0 Å². The fourth-order valence-corrected chi connectivity index (χ4v) is 8.26. The first-order chi connectivity index (χ1) is 27.0. The molecule has 0 radical (unpaired) electrons. The van der Waals surface area contributed by atoms with Gasteiger partial charge in [0.15, 0.2) is 5.82 Å². The number of hydrogen-bond donors (Lipinski definition) is 0. The smallest absolute Gasteiger partial charge is 0.160 e. The molecule has 0 unspecified atom stereocenters. The summed E-state index contributed by atoms with van der Waals surface area (Å²) in [6.07, 6.45) is 0. The zero-order chi connectivity index (χ0) is 36.9. The van der Waals surface area contributed by atoms with E-state index in [2.05, 4.69) is 196 Å². The van der Waals surface area contributed by atoms with Gasteiger partial charge in [0.25, 0.3) is 0 Å². The van der Waals surface area contributed by atoms with Gasteiger partial charge in [-0.2, -0.15) is 0 Å². The summed E-state index contributed by atoms with van der Waals surface area (Å²) in [5, 5.41) is 2.59. The maximum Gasteiger partial charge on any atom is 0.160 e. The molecule has 0 saturated heterocycles. The van der Waals surface area contributed by atoms with Crippen LogP contribution in [0.25, 0.3) is 89.2 Å². The fraction of sp³-hybridized carbons (Fsp3) is 0.0566. The van der Waals surface area contributed by atoms with Gasteiger partial charge in [-0.1, -0.05) is 172 Å². The van der Waals surface area contributed by atoms with Crippen LogP contribution < -0.4 is 0 Å². The van der Waals surface area contributed by atoms with Crippen LogP contribution in [0.1, 0.15) is 25.0 Å². The van der Waals surface area contributed by atoms with Crippen LogP contribution in [0.15, 0.2) is 194 Å².